The molecule has 0 amide bonds. The zero-order valence-electron chi connectivity index (χ0n) is 20.5. The molecule has 5 nitrogen and oxygen atoms in total. The molecule has 1 aromatic heterocycles. The van der Waals surface area contributed by atoms with E-state index in [1.807, 2.05) is 26.2 Å². The van der Waals surface area contributed by atoms with E-state index >= 15 is 0 Å². The summed E-state index contributed by atoms with van der Waals surface area (Å²) < 4.78 is 0. The van der Waals surface area contributed by atoms with E-state index in [4.69, 9.17) is 10.7 Å². The van der Waals surface area contributed by atoms with Crippen LogP contribution in [0.1, 0.15) is 31.5 Å². The largest absolute Gasteiger partial charge is 0.664 e. The maximum Gasteiger partial charge on any atom is 0.0840 e. The first-order valence-electron chi connectivity index (χ1n) is 11.2. The van der Waals surface area contributed by atoms with Crippen molar-refractivity contribution < 1.29 is 32.7 Å². The van der Waals surface area contributed by atoms with Gasteiger partial charge in [0.2, 0.25) is 0 Å². The Morgan fingerprint density at radius 3 is 2.55 bits per heavy atom. The first-order valence-corrected chi connectivity index (χ1v) is 11.2. The van der Waals surface area contributed by atoms with Gasteiger partial charge < -0.3 is 16.0 Å². The van der Waals surface area contributed by atoms with Gasteiger partial charge in [0, 0.05) is 74.4 Å². The Morgan fingerprint density at radius 2 is 2.03 bits per heavy atom. The number of aryl methyl sites for hydroxylation is 1. The van der Waals surface area contributed by atoms with Crippen LogP contribution < -0.4 is 10.6 Å². The van der Waals surface area contributed by atoms with Crippen molar-refractivity contribution in [3.8, 4) is 11.1 Å². The third kappa shape index (κ3) is 6.69. The van der Waals surface area contributed by atoms with E-state index in [0.717, 1.165) is 60.0 Å². The Balaban J connectivity index is 0.00000385. The number of allylic oxidation sites excluding steroid dienone is 1. The predicted octanol–water partition coefficient (Wildman–Crippen LogP) is 5.36. The third-order valence-corrected chi connectivity index (χ3v) is 6.25. The fourth-order valence-electron chi connectivity index (χ4n) is 4.12. The summed E-state index contributed by atoms with van der Waals surface area (Å²) in [4.78, 5) is 11.6. The van der Waals surface area contributed by atoms with E-state index in [9.17, 15) is 0 Å². The summed E-state index contributed by atoms with van der Waals surface area (Å²) in [5.41, 5.74) is 13.6. The number of hydrogen-bond donors (Lipinski definition) is 1. The molecule has 33 heavy (non-hydrogen) atoms. The average Bonchev–Trinajstić information content (AvgIpc) is 3.19. The molecule has 0 aliphatic carbocycles. The molecule has 0 fully saturated rings. The summed E-state index contributed by atoms with van der Waals surface area (Å²) in [7, 11) is 1.84. The molecule has 173 valence electrons. The van der Waals surface area contributed by atoms with Gasteiger partial charge >= 0.3 is 0 Å². The quantitative estimate of drug-likeness (QED) is 0.430. The Bertz CT molecular complexity index is 998. The summed E-state index contributed by atoms with van der Waals surface area (Å²) in [5.74, 6) is 0.284. The minimum atomic E-state index is 0. The predicted molar refractivity (Wildman–Crippen MR) is 138 cm³/mol. The molecule has 6 heteroatoms. The van der Waals surface area contributed by atoms with Crippen molar-refractivity contribution in [3.05, 3.63) is 78.0 Å². The van der Waals surface area contributed by atoms with Crippen molar-refractivity contribution in [1.29, 1.82) is 0 Å². The Labute approximate surface area is 224 Å². The van der Waals surface area contributed by atoms with Crippen LogP contribution >= 0.6 is 0 Å². The number of benzene rings is 1. The van der Waals surface area contributed by atoms with Crippen LogP contribution in [0.25, 0.3) is 16.4 Å². The molecule has 1 aliphatic rings. The molecule has 2 aromatic rings. The normalized spacial score (nSPS) is 18.3. The van der Waals surface area contributed by atoms with E-state index in [1.54, 1.807) is 0 Å². The van der Waals surface area contributed by atoms with Gasteiger partial charge in [0.15, 0.2) is 0 Å². The summed E-state index contributed by atoms with van der Waals surface area (Å²) in [6, 6.07) is 10.7. The summed E-state index contributed by atoms with van der Waals surface area (Å²) >= 11 is 0. The van der Waals surface area contributed by atoms with Crippen molar-refractivity contribution in [3.63, 3.8) is 0 Å². The molecule has 2 atom stereocenters. The maximum atomic E-state index is 5.91. The van der Waals surface area contributed by atoms with Crippen molar-refractivity contribution in [1.82, 2.24) is 4.98 Å². The van der Waals surface area contributed by atoms with Crippen LogP contribution in [0.5, 0.6) is 0 Å². The topological polar surface area (TPSA) is 68.6 Å². The van der Waals surface area contributed by atoms with Gasteiger partial charge in [-0.25, -0.2) is 0 Å². The fourth-order valence-corrected chi connectivity index (χ4v) is 4.12. The minimum absolute atomic E-state index is 0. The zero-order valence-corrected chi connectivity index (χ0v) is 23.4. The molecule has 0 saturated carbocycles. The molecule has 0 bridgehead atoms. The molecular weight excluding hydrogens is 483 g/mol. The number of aromatic nitrogens is 1. The van der Waals surface area contributed by atoms with Gasteiger partial charge in [-0.1, -0.05) is 31.7 Å². The maximum absolute atomic E-state index is 5.91. The van der Waals surface area contributed by atoms with E-state index in [-0.39, 0.29) is 44.0 Å². The van der Waals surface area contributed by atoms with E-state index in [0.29, 0.717) is 6.54 Å². The molecule has 1 aliphatic heterocycles. The van der Waals surface area contributed by atoms with Gasteiger partial charge in [0.25, 0.3) is 0 Å². The van der Waals surface area contributed by atoms with Crippen LogP contribution in [-0.4, -0.2) is 43.9 Å². The van der Waals surface area contributed by atoms with Crippen LogP contribution in [0, 0.1) is 18.3 Å². The third-order valence-electron chi connectivity index (χ3n) is 6.25. The molecule has 2 N–H and O–H groups in total. The number of aliphatic imine (C=N–C) groups is 1. The number of hydrogen-bond acceptors (Lipinski definition) is 4. The molecular formula is C27H36N5Y-. The van der Waals surface area contributed by atoms with Crippen molar-refractivity contribution in [2.75, 3.05) is 38.1 Å². The average molecular weight is 520 g/mol. The first-order chi connectivity index (χ1) is 15.3. The zero-order chi connectivity index (χ0) is 23.3. The van der Waals surface area contributed by atoms with E-state index in [1.165, 1.54) is 5.56 Å². The first kappa shape index (κ1) is 27.6. The number of nitrogens with two attached hydrogens (primary N) is 1. The molecule has 0 saturated heterocycles. The van der Waals surface area contributed by atoms with Crippen molar-refractivity contribution >= 4 is 11.4 Å². The smallest absolute Gasteiger partial charge is 0.0840 e. The van der Waals surface area contributed by atoms with Crippen molar-refractivity contribution in [2.24, 2.45) is 22.1 Å². The Kier molecular flexibility index (Phi) is 10.2. The minimum Gasteiger partial charge on any atom is -0.664 e. The van der Waals surface area contributed by atoms with Crippen molar-refractivity contribution in [2.45, 2.75) is 27.2 Å². The number of anilines is 1. The number of nitrogens with zero attached hydrogens (tertiary/aromatic N) is 4. The molecule has 0 spiro atoms. The molecule has 3 rings (SSSR count). The molecule has 2 heterocycles. The second-order valence-electron chi connectivity index (χ2n) is 9.23. The summed E-state index contributed by atoms with van der Waals surface area (Å²) in [5, 5.41) is 4.29. The molecule has 1 aromatic carbocycles. The van der Waals surface area contributed by atoms with Crippen LogP contribution in [0.4, 0.5) is 5.69 Å². The number of rotatable bonds is 10. The second kappa shape index (κ2) is 12.2. The standard InChI is InChI=1S/C27H36N5.Y/c1-7-21(14-29-6)16-32(19(2)3)26-11-9-22(12-20(26)4)23-8-10-24(30-15-23)25-13-27(5,17-28)18-31-25;/h7-12,15,21H,1-2,13-14,16-18,28H2,3-6H3;/q-1;. The summed E-state index contributed by atoms with van der Waals surface area (Å²) in [6.45, 7) is 17.5. The SMILES string of the molecule is C=CC(C[N-]C)CN(C(=C)C)c1ccc(-c2ccc(C3=NCC(C)(CN)C3)nc2)cc1C.[Y]. The van der Waals surface area contributed by atoms with Gasteiger partial charge in [-0.15, -0.1) is 13.1 Å². The molecule has 1 radical (unpaired) electrons. The van der Waals surface area contributed by atoms with E-state index in [2.05, 4.69) is 72.5 Å². The second-order valence-corrected chi connectivity index (χ2v) is 9.23. The van der Waals surface area contributed by atoms with Crippen LogP contribution in [0.2, 0.25) is 0 Å². The van der Waals surface area contributed by atoms with Gasteiger partial charge in [-0.05, 0) is 62.1 Å². The monoisotopic (exact) mass is 519 g/mol. The van der Waals surface area contributed by atoms with Crippen LogP contribution in [0.15, 0.2) is 66.5 Å². The van der Waals surface area contributed by atoms with Gasteiger partial charge in [0.1, 0.15) is 0 Å². The Hall–Kier alpha value is -1.66. The molecule has 2 unspecified atom stereocenters. The van der Waals surface area contributed by atoms with Crippen LogP contribution in [0.3, 0.4) is 0 Å². The number of pyridine rings is 1. The summed E-state index contributed by atoms with van der Waals surface area (Å²) in [6.07, 6.45) is 4.81. The van der Waals surface area contributed by atoms with Gasteiger partial charge in [-0.2, -0.15) is 7.05 Å². The Morgan fingerprint density at radius 1 is 1.30 bits per heavy atom. The van der Waals surface area contributed by atoms with Gasteiger partial charge in [-0.3, -0.25) is 9.98 Å². The van der Waals surface area contributed by atoms with E-state index < -0.39 is 0 Å². The van der Waals surface area contributed by atoms with Crippen LogP contribution in [-0.2, 0) is 32.7 Å². The van der Waals surface area contributed by atoms with Gasteiger partial charge in [0.05, 0.1) is 11.4 Å². The fraction of sp³-hybridized carbons (Fsp3) is 0.407.